The number of hydrogen-bond donors (Lipinski definition) is 0. The summed E-state index contributed by atoms with van der Waals surface area (Å²) in [6.45, 7) is 0. The number of nitrogens with zero attached hydrogens (tertiary/aromatic N) is 2. The van der Waals surface area contributed by atoms with E-state index in [0.29, 0.717) is 0 Å². The maximum absolute atomic E-state index is 6.33. The van der Waals surface area contributed by atoms with E-state index in [-0.39, 0.29) is 0 Å². The van der Waals surface area contributed by atoms with Gasteiger partial charge in [-0.05, 0) is 91.5 Å². The van der Waals surface area contributed by atoms with Crippen molar-refractivity contribution in [1.29, 1.82) is 0 Å². The Morgan fingerprint density at radius 1 is 0.380 bits per heavy atom. The molecule has 0 atom stereocenters. The summed E-state index contributed by atoms with van der Waals surface area (Å²) >= 11 is 0. The number of fused-ring (bicyclic) bond motifs is 9. The molecule has 0 fully saturated rings. The summed E-state index contributed by atoms with van der Waals surface area (Å²) in [6, 6.07) is 60.9. The summed E-state index contributed by atoms with van der Waals surface area (Å²) in [5.41, 5.74) is 9.52. The lowest BCUT2D eigenvalue weighted by Crippen LogP contribution is -2.11. The molecule has 0 N–H and O–H groups in total. The molecule has 0 aliphatic rings. The number of para-hydroxylation sites is 1. The minimum atomic E-state index is 0.834. The summed E-state index contributed by atoms with van der Waals surface area (Å²) in [4.78, 5) is 6.67. The molecule has 2 heterocycles. The van der Waals surface area contributed by atoms with Crippen LogP contribution in [0.2, 0.25) is 0 Å². The van der Waals surface area contributed by atoms with E-state index in [1.54, 1.807) is 6.20 Å². The van der Waals surface area contributed by atoms with E-state index < -0.39 is 0 Å². The van der Waals surface area contributed by atoms with Gasteiger partial charge in [0.2, 0.25) is 0 Å². The van der Waals surface area contributed by atoms with Crippen molar-refractivity contribution >= 4 is 71.3 Å². The van der Waals surface area contributed by atoms with Gasteiger partial charge in [0.15, 0.2) is 0 Å². The third kappa shape index (κ3) is 4.56. The second kappa shape index (κ2) is 11.5. The molecule has 8 aromatic carbocycles. The van der Waals surface area contributed by atoms with E-state index in [0.717, 1.165) is 50.1 Å². The van der Waals surface area contributed by atoms with Crippen LogP contribution in [0, 0.1) is 0 Å². The Kier molecular flexibility index (Phi) is 6.49. The van der Waals surface area contributed by atoms with Crippen molar-refractivity contribution < 1.29 is 4.42 Å². The lowest BCUT2D eigenvalue weighted by molar-refractivity contribution is 0.668. The Balaban J connectivity index is 1.13. The quantitative estimate of drug-likeness (QED) is 0.176. The molecule has 2 aromatic heterocycles. The van der Waals surface area contributed by atoms with Crippen LogP contribution in [0.3, 0.4) is 0 Å². The zero-order valence-corrected chi connectivity index (χ0v) is 27.1. The molecule has 0 radical (unpaired) electrons. The van der Waals surface area contributed by atoms with Crippen molar-refractivity contribution in [3.05, 3.63) is 182 Å². The van der Waals surface area contributed by atoms with Gasteiger partial charge in [0.05, 0.1) is 5.69 Å². The Morgan fingerprint density at radius 3 is 1.74 bits per heavy atom. The number of rotatable bonds is 5. The number of benzene rings is 8. The van der Waals surface area contributed by atoms with E-state index in [2.05, 4.69) is 174 Å². The SMILES string of the molecule is c1ccc(-c2ccccc2N(c2ccc(-c3ccc4c5ccccc5c5ccccc5c4c3)cc2)c2ccc3c(c2)oc2ccncc23)cc1. The van der Waals surface area contributed by atoms with Gasteiger partial charge in [-0.2, -0.15) is 0 Å². The van der Waals surface area contributed by atoms with Gasteiger partial charge in [-0.15, -0.1) is 0 Å². The van der Waals surface area contributed by atoms with Gasteiger partial charge < -0.3 is 9.32 Å². The van der Waals surface area contributed by atoms with Gasteiger partial charge in [0.25, 0.3) is 0 Å². The van der Waals surface area contributed by atoms with Crippen LogP contribution in [0.15, 0.2) is 187 Å². The molecule has 0 unspecified atom stereocenters. The fourth-order valence-corrected chi connectivity index (χ4v) is 7.60. The number of furan rings is 1. The maximum atomic E-state index is 6.33. The summed E-state index contributed by atoms with van der Waals surface area (Å²) in [5.74, 6) is 0. The minimum absolute atomic E-state index is 0.834. The van der Waals surface area contributed by atoms with E-state index >= 15 is 0 Å². The third-order valence-electron chi connectivity index (χ3n) is 9.95. The molecule has 0 aliphatic carbocycles. The Morgan fingerprint density at radius 2 is 0.980 bits per heavy atom. The predicted molar refractivity (Wildman–Crippen MR) is 210 cm³/mol. The molecule has 0 aliphatic heterocycles. The van der Waals surface area contributed by atoms with Crippen LogP contribution < -0.4 is 4.90 Å². The van der Waals surface area contributed by atoms with E-state index in [1.807, 2.05) is 12.3 Å². The first kappa shape index (κ1) is 28.3. The third-order valence-corrected chi connectivity index (χ3v) is 9.95. The Labute approximate surface area is 289 Å². The molecule has 0 amide bonds. The molecular weight excluding hydrogens is 609 g/mol. The van der Waals surface area contributed by atoms with Crippen LogP contribution in [-0.2, 0) is 0 Å². The first-order valence-corrected chi connectivity index (χ1v) is 16.9. The largest absolute Gasteiger partial charge is 0.456 e. The highest BCUT2D eigenvalue weighted by Gasteiger charge is 2.19. The van der Waals surface area contributed by atoms with E-state index in [1.165, 1.54) is 43.4 Å². The van der Waals surface area contributed by atoms with Crippen molar-refractivity contribution in [2.24, 2.45) is 0 Å². The molecule has 0 saturated carbocycles. The molecule has 50 heavy (non-hydrogen) atoms. The minimum Gasteiger partial charge on any atom is -0.456 e. The summed E-state index contributed by atoms with van der Waals surface area (Å²) in [7, 11) is 0. The Bertz CT molecular complexity index is 2840. The molecule has 234 valence electrons. The van der Waals surface area contributed by atoms with Crippen LogP contribution in [-0.4, -0.2) is 4.98 Å². The molecule has 10 aromatic rings. The average Bonchev–Trinajstić information content (AvgIpc) is 3.57. The van der Waals surface area contributed by atoms with Crippen molar-refractivity contribution in [2.75, 3.05) is 4.90 Å². The van der Waals surface area contributed by atoms with E-state index in [9.17, 15) is 0 Å². The first-order chi connectivity index (χ1) is 24.8. The predicted octanol–water partition coefficient (Wildman–Crippen LogP) is 13.2. The zero-order chi connectivity index (χ0) is 33.0. The first-order valence-electron chi connectivity index (χ1n) is 16.9. The average molecular weight is 639 g/mol. The van der Waals surface area contributed by atoms with Gasteiger partial charge in [-0.3, -0.25) is 4.98 Å². The van der Waals surface area contributed by atoms with Crippen molar-refractivity contribution in [2.45, 2.75) is 0 Å². The van der Waals surface area contributed by atoms with Crippen molar-refractivity contribution in [3.8, 4) is 22.3 Å². The fraction of sp³-hybridized carbons (Fsp3) is 0. The number of hydrogen-bond acceptors (Lipinski definition) is 3. The molecule has 3 nitrogen and oxygen atoms in total. The van der Waals surface area contributed by atoms with Crippen LogP contribution in [0.25, 0.3) is 76.5 Å². The molecule has 0 spiro atoms. The number of aromatic nitrogens is 1. The van der Waals surface area contributed by atoms with Crippen LogP contribution in [0.5, 0.6) is 0 Å². The lowest BCUT2D eigenvalue weighted by atomic mass is 9.92. The molecule has 0 saturated heterocycles. The second-order valence-electron chi connectivity index (χ2n) is 12.8. The maximum Gasteiger partial charge on any atom is 0.138 e. The van der Waals surface area contributed by atoms with Crippen LogP contribution in [0.1, 0.15) is 0 Å². The van der Waals surface area contributed by atoms with Gasteiger partial charge in [-0.1, -0.05) is 121 Å². The zero-order valence-electron chi connectivity index (χ0n) is 27.1. The second-order valence-corrected chi connectivity index (χ2v) is 12.8. The van der Waals surface area contributed by atoms with Crippen LogP contribution in [0.4, 0.5) is 17.1 Å². The van der Waals surface area contributed by atoms with Crippen molar-refractivity contribution in [1.82, 2.24) is 4.98 Å². The summed E-state index contributed by atoms with van der Waals surface area (Å²) in [5, 5.41) is 9.77. The normalized spacial score (nSPS) is 11.6. The topological polar surface area (TPSA) is 29.3 Å². The van der Waals surface area contributed by atoms with E-state index in [4.69, 9.17) is 4.42 Å². The monoisotopic (exact) mass is 638 g/mol. The highest BCUT2D eigenvalue weighted by molar-refractivity contribution is 6.25. The molecule has 0 bridgehead atoms. The van der Waals surface area contributed by atoms with Gasteiger partial charge >= 0.3 is 0 Å². The van der Waals surface area contributed by atoms with Crippen LogP contribution >= 0.6 is 0 Å². The van der Waals surface area contributed by atoms with Crippen molar-refractivity contribution in [3.63, 3.8) is 0 Å². The van der Waals surface area contributed by atoms with Gasteiger partial charge in [0.1, 0.15) is 11.2 Å². The number of anilines is 3. The molecule has 10 rings (SSSR count). The summed E-state index contributed by atoms with van der Waals surface area (Å²) in [6.07, 6.45) is 3.65. The molecule has 3 heteroatoms. The standard InChI is InChI=1S/C47H30N2O/c1-2-10-32(11-3-1)36-12-8-9-17-45(36)49(35-23-25-42-44-30-48-27-26-46(44)50-47(42)29-35)34-21-18-31(19-22-34)33-20-24-41-39-15-5-4-13-37(39)38-14-6-7-16-40(38)43(41)28-33/h1-30H. The van der Waals surface area contributed by atoms with Gasteiger partial charge in [0, 0.05) is 46.2 Å². The fourth-order valence-electron chi connectivity index (χ4n) is 7.60. The highest BCUT2D eigenvalue weighted by Crippen LogP contribution is 2.43. The summed E-state index contributed by atoms with van der Waals surface area (Å²) < 4.78 is 6.33. The molecular formula is C47H30N2O. The number of pyridine rings is 1. The Hall–Kier alpha value is -6.71. The lowest BCUT2D eigenvalue weighted by Gasteiger charge is -2.28. The highest BCUT2D eigenvalue weighted by atomic mass is 16.3. The van der Waals surface area contributed by atoms with Gasteiger partial charge in [-0.25, -0.2) is 0 Å². The smallest absolute Gasteiger partial charge is 0.138 e.